The Morgan fingerprint density at radius 2 is 2.33 bits per heavy atom. The topological polar surface area (TPSA) is 68.3 Å². The summed E-state index contributed by atoms with van der Waals surface area (Å²) in [5, 5.41) is 5.00. The summed E-state index contributed by atoms with van der Waals surface area (Å²) in [4.78, 5) is 2.50. The van der Waals surface area contributed by atoms with Gasteiger partial charge in [0.1, 0.15) is 0 Å². The number of aromatic nitrogens is 2. The molecule has 3 N–H and O–H groups in total. The number of hydrazine groups is 1. The van der Waals surface area contributed by atoms with Crippen LogP contribution >= 0.6 is 11.6 Å². The molecule has 2 fully saturated rings. The second-order valence-electron chi connectivity index (χ2n) is 6.22. The monoisotopic (exact) mass is 313 g/mol. The molecule has 0 aromatic carbocycles. The maximum absolute atomic E-state index is 6.34. The molecule has 3 rings (SSSR count). The number of nitrogens with two attached hydrogens (primary N) is 1. The van der Waals surface area contributed by atoms with E-state index in [9.17, 15) is 0 Å². The molecule has 0 spiro atoms. The van der Waals surface area contributed by atoms with Gasteiger partial charge in [0, 0.05) is 18.6 Å². The van der Waals surface area contributed by atoms with Gasteiger partial charge in [-0.15, -0.1) is 0 Å². The molecule has 0 bridgehead atoms. The molecule has 3 heterocycles. The first-order valence-corrected chi connectivity index (χ1v) is 8.04. The van der Waals surface area contributed by atoms with Crippen LogP contribution in [0.1, 0.15) is 44.5 Å². The molecule has 1 aromatic heterocycles. The van der Waals surface area contributed by atoms with Crippen molar-refractivity contribution in [2.45, 2.75) is 50.9 Å². The number of ether oxygens (including phenoxy) is 1. The van der Waals surface area contributed by atoms with Crippen molar-refractivity contribution < 1.29 is 4.74 Å². The maximum atomic E-state index is 6.34. The predicted octanol–water partition coefficient (Wildman–Crippen LogP) is 1.48. The highest BCUT2D eigenvalue weighted by Gasteiger charge is 2.38. The van der Waals surface area contributed by atoms with Crippen LogP contribution < -0.4 is 11.3 Å². The lowest BCUT2D eigenvalue weighted by Crippen LogP contribution is -2.52. The van der Waals surface area contributed by atoms with Crippen molar-refractivity contribution in [3.8, 4) is 0 Å². The first kappa shape index (κ1) is 15.2. The summed E-state index contributed by atoms with van der Waals surface area (Å²) in [6, 6.07) is 0.653. The van der Waals surface area contributed by atoms with Gasteiger partial charge in [-0.2, -0.15) is 5.10 Å². The summed E-state index contributed by atoms with van der Waals surface area (Å²) in [6.45, 7) is 6.98. The van der Waals surface area contributed by atoms with Gasteiger partial charge in [0.15, 0.2) is 0 Å². The van der Waals surface area contributed by atoms with E-state index in [1.807, 2.05) is 4.68 Å². The van der Waals surface area contributed by atoms with Gasteiger partial charge in [-0.25, -0.2) is 5.43 Å². The minimum atomic E-state index is -0.149. The Labute approximate surface area is 130 Å². The van der Waals surface area contributed by atoms with Gasteiger partial charge in [-0.3, -0.25) is 15.4 Å². The van der Waals surface area contributed by atoms with E-state index >= 15 is 0 Å². The molecular weight excluding hydrogens is 290 g/mol. The van der Waals surface area contributed by atoms with Crippen LogP contribution in [0.15, 0.2) is 6.20 Å². The van der Waals surface area contributed by atoms with Crippen molar-refractivity contribution in [1.82, 2.24) is 20.1 Å². The Balaban J connectivity index is 1.83. The summed E-state index contributed by atoms with van der Waals surface area (Å²) in [6.07, 6.45) is 4.17. The van der Waals surface area contributed by atoms with Crippen molar-refractivity contribution in [3.63, 3.8) is 0 Å². The summed E-state index contributed by atoms with van der Waals surface area (Å²) >= 11 is 6.34. The molecule has 0 aliphatic carbocycles. The van der Waals surface area contributed by atoms with E-state index < -0.39 is 0 Å². The lowest BCUT2D eigenvalue weighted by molar-refractivity contribution is -0.0666. The maximum Gasteiger partial charge on any atom is 0.0925 e. The number of morpholine rings is 1. The number of rotatable bonds is 4. The van der Waals surface area contributed by atoms with E-state index in [1.165, 1.54) is 12.8 Å². The zero-order valence-corrected chi connectivity index (χ0v) is 13.4. The fourth-order valence-corrected chi connectivity index (χ4v) is 3.71. The lowest BCUT2D eigenvalue weighted by Gasteiger charge is -2.39. The van der Waals surface area contributed by atoms with Crippen LogP contribution in [0.4, 0.5) is 0 Å². The zero-order chi connectivity index (χ0) is 15.0. The van der Waals surface area contributed by atoms with Gasteiger partial charge in [-0.1, -0.05) is 11.6 Å². The van der Waals surface area contributed by atoms with Gasteiger partial charge in [-0.05, 0) is 33.2 Å². The van der Waals surface area contributed by atoms with E-state index in [4.69, 9.17) is 22.2 Å². The molecule has 0 radical (unpaired) electrons. The Hall–Kier alpha value is -0.660. The van der Waals surface area contributed by atoms with Crippen molar-refractivity contribution in [2.75, 3.05) is 19.7 Å². The Morgan fingerprint density at radius 1 is 1.52 bits per heavy atom. The molecule has 2 aliphatic heterocycles. The molecule has 118 valence electrons. The van der Waals surface area contributed by atoms with Crippen molar-refractivity contribution >= 4 is 11.6 Å². The molecule has 3 unspecified atom stereocenters. The van der Waals surface area contributed by atoms with Crippen LogP contribution in [-0.4, -0.2) is 46.5 Å². The molecule has 21 heavy (non-hydrogen) atoms. The number of nitrogens with zero attached hydrogens (tertiary/aromatic N) is 3. The highest BCUT2D eigenvalue weighted by Crippen LogP contribution is 2.32. The third kappa shape index (κ3) is 2.83. The van der Waals surface area contributed by atoms with Crippen molar-refractivity contribution in [2.24, 2.45) is 5.84 Å². The largest absolute Gasteiger partial charge is 0.373 e. The van der Waals surface area contributed by atoms with E-state index in [2.05, 4.69) is 29.3 Å². The second-order valence-corrected chi connectivity index (χ2v) is 6.63. The average Bonchev–Trinajstić information content (AvgIpc) is 3.07. The van der Waals surface area contributed by atoms with Crippen LogP contribution in [0.5, 0.6) is 0 Å². The summed E-state index contributed by atoms with van der Waals surface area (Å²) in [7, 11) is 0. The fourth-order valence-electron chi connectivity index (χ4n) is 3.46. The highest BCUT2D eigenvalue weighted by molar-refractivity contribution is 6.31. The number of hydrogen-bond donors (Lipinski definition) is 2. The fraction of sp³-hybridized carbons (Fsp3) is 0.786. The van der Waals surface area contributed by atoms with E-state index in [1.54, 1.807) is 6.20 Å². The van der Waals surface area contributed by atoms with Gasteiger partial charge in [0.2, 0.25) is 0 Å². The van der Waals surface area contributed by atoms with Crippen LogP contribution in [-0.2, 0) is 4.74 Å². The third-order valence-electron chi connectivity index (χ3n) is 4.54. The van der Waals surface area contributed by atoms with Gasteiger partial charge >= 0.3 is 0 Å². The first-order valence-electron chi connectivity index (χ1n) is 7.66. The van der Waals surface area contributed by atoms with E-state index in [0.29, 0.717) is 11.1 Å². The number of nitrogens with one attached hydrogen (secondary N) is 1. The first-order chi connectivity index (χ1) is 10.1. The second kappa shape index (κ2) is 6.22. The molecule has 0 saturated carbocycles. The van der Waals surface area contributed by atoms with E-state index in [0.717, 1.165) is 25.4 Å². The average molecular weight is 314 g/mol. The summed E-state index contributed by atoms with van der Waals surface area (Å²) in [5.74, 6) is 5.82. The van der Waals surface area contributed by atoms with Crippen LogP contribution in [0.3, 0.4) is 0 Å². The van der Waals surface area contributed by atoms with Crippen LogP contribution in [0.25, 0.3) is 0 Å². The molecule has 2 aliphatic rings. The smallest absolute Gasteiger partial charge is 0.0925 e. The lowest BCUT2D eigenvalue weighted by atomic mass is 10.0. The standard InChI is InChI=1S/C14H24ClN5O/c1-9(2)20-14(11(15)6-17-20)13(18-16)12-7-19-5-3-4-10(19)8-21-12/h6,9-10,12-13,18H,3-5,7-8,16H2,1-2H3. The predicted molar refractivity (Wildman–Crippen MR) is 82.0 cm³/mol. The SMILES string of the molecule is CC(C)n1ncc(Cl)c1C(NN)C1CN2CCCC2CO1. The number of hydrogen-bond acceptors (Lipinski definition) is 5. The van der Waals surface area contributed by atoms with Crippen LogP contribution in [0.2, 0.25) is 5.02 Å². The van der Waals surface area contributed by atoms with Gasteiger partial charge in [0.25, 0.3) is 0 Å². The Bertz CT molecular complexity index is 492. The summed E-state index contributed by atoms with van der Waals surface area (Å²) < 4.78 is 8.00. The van der Waals surface area contributed by atoms with Crippen molar-refractivity contribution in [1.29, 1.82) is 0 Å². The third-order valence-corrected chi connectivity index (χ3v) is 4.83. The van der Waals surface area contributed by atoms with Crippen LogP contribution in [0, 0.1) is 0 Å². The number of fused-ring (bicyclic) bond motifs is 1. The Kier molecular flexibility index (Phi) is 4.51. The minimum Gasteiger partial charge on any atom is -0.373 e. The minimum absolute atomic E-state index is 0.00366. The summed E-state index contributed by atoms with van der Waals surface area (Å²) in [5.41, 5.74) is 3.81. The molecular formula is C14H24ClN5O. The van der Waals surface area contributed by atoms with E-state index in [-0.39, 0.29) is 18.2 Å². The zero-order valence-electron chi connectivity index (χ0n) is 12.6. The Morgan fingerprint density at radius 3 is 3.05 bits per heavy atom. The molecule has 6 nitrogen and oxygen atoms in total. The number of halogens is 1. The highest BCUT2D eigenvalue weighted by atomic mass is 35.5. The van der Waals surface area contributed by atoms with Gasteiger partial charge < -0.3 is 4.74 Å². The quantitative estimate of drug-likeness (QED) is 0.651. The molecule has 3 atom stereocenters. The van der Waals surface area contributed by atoms with Crippen molar-refractivity contribution in [3.05, 3.63) is 16.9 Å². The van der Waals surface area contributed by atoms with Gasteiger partial charge in [0.05, 0.1) is 35.7 Å². The molecule has 2 saturated heterocycles. The molecule has 0 amide bonds. The molecule has 7 heteroatoms. The normalized spacial score (nSPS) is 28.0. The molecule has 1 aromatic rings.